The zero-order valence-corrected chi connectivity index (χ0v) is 13.4. The quantitative estimate of drug-likeness (QED) is 0.566. The Morgan fingerprint density at radius 1 is 1.33 bits per heavy atom. The van der Waals surface area contributed by atoms with E-state index in [0.29, 0.717) is 13.0 Å². The summed E-state index contributed by atoms with van der Waals surface area (Å²) in [4.78, 5) is 26.0. The zero-order valence-electron chi connectivity index (χ0n) is 13.4. The molecular weight excluding hydrogens is 278 g/mol. The van der Waals surface area contributed by atoms with E-state index >= 15 is 0 Å². The van der Waals surface area contributed by atoms with Crippen LogP contribution in [0.2, 0.25) is 0 Å². The van der Waals surface area contributed by atoms with Crippen LogP contribution in [0.3, 0.4) is 0 Å². The first-order valence-corrected chi connectivity index (χ1v) is 7.01. The summed E-state index contributed by atoms with van der Waals surface area (Å²) >= 11 is 0. The highest BCUT2D eigenvalue weighted by Gasteiger charge is 2.52. The van der Waals surface area contributed by atoms with Gasteiger partial charge in [-0.3, -0.25) is 4.90 Å². The molecule has 7 nitrogen and oxygen atoms in total. The van der Waals surface area contributed by atoms with E-state index in [0.717, 1.165) is 0 Å². The van der Waals surface area contributed by atoms with Crippen LogP contribution in [0.25, 0.3) is 0 Å². The molecule has 1 fully saturated rings. The number of rotatable bonds is 5. The van der Waals surface area contributed by atoms with Gasteiger partial charge in [0.05, 0.1) is 13.2 Å². The number of esters is 1. The second-order valence-corrected chi connectivity index (χ2v) is 5.88. The lowest BCUT2D eigenvalue weighted by atomic mass is 9.97. The molecule has 0 spiro atoms. The Hall–Kier alpha value is -1.34. The topological polar surface area (TPSA) is 74.3 Å². The van der Waals surface area contributed by atoms with E-state index in [4.69, 9.17) is 18.9 Å². The fourth-order valence-corrected chi connectivity index (χ4v) is 2.10. The summed E-state index contributed by atoms with van der Waals surface area (Å²) in [6.45, 7) is 7.62. The van der Waals surface area contributed by atoms with Gasteiger partial charge in [0, 0.05) is 20.1 Å². The number of carbonyl (C=O) groups is 2. The standard InChI is InChI=1S/C14H25NO6/c1-6-20-11(16)14(7-8-19-9-14)15(10-18-5)12(17)21-13(2,3)4/h6-10H2,1-5H3/t14-/m1/s1. The number of carbonyl (C=O) groups excluding carboxylic acids is 2. The Kier molecular flexibility index (Phi) is 5.98. The van der Waals surface area contributed by atoms with Crippen LogP contribution < -0.4 is 0 Å². The van der Waals surface area contributed by atoms with E-state index in [2.05, 4.69) is 0 Å². The molecule has 1 rings (SSSR count). The summed E-state index contributed by atoms with van der Waals surface area (Å²) in [6.07, 6.45) is -0.267. The lowest BCUT2D eigenvalue weighted by molar-refractivity contribution is -0.161. The number of nitrogens with zero attached hydrogens (tertiary/aromatic N) is 1. The highest BCUT2D eigenvalue weighted by Crippen LogP contribution is 2.29. The molecule has 1 aliphatic heterocycles. The van der Waals surface area contributed by atoms with Gasteiger partial charge in [0.2, 0.25) is 0 Å². The molecule has 1 amide bonds. The second kappa shape index (κ2) is 7.09. The smallest absolute Gasteiger partial charge is 0.413 e. The maximum absolute atomic E-state index is 12.4. The fraction of sp³-hybridized carbons (Fsp3) is 0.857. The molecule has 1 aliphatic rings. The summed E-state index contributed by atoms with van der Waals surface area (Å²) in [7, 11) is 1.45. The fourth-order valence-electron chi connectivity index (χ4n) is 2.10. The van der Waals surface area contributed by atoms with Crippen LogP contribution >= 0.6 is 0 Å². The molecule has 7 heteroatoms. The molecule has 1 saturated heterocycles. The van der Waals surface area contributed by atoms with Crippen molar-refractivity contribution in [2.75, 3.05) is 33.7 Å². The van der Waals surface area contributed by atoms with E-state index < -0.39 is 23.2 Å². The molecular formula is C14H25NO6. The van der Waals surface area contributed by atoms with Gasteiger partial charge in [0.1, 0.15) is 12.3 Å². The summed E-state index contributed by atoms with van der Waals surface area (Å²) in [6, 6.07) is 0. The maximum Gasteiger partial charge on any atom is 0.413 e. The van der Waals surface area contributed by atoms with Gasteiger partial charge in [-0.15, -0.1) is 0 Å². The van der Waals surface area contributed by atoms with Crippen LogP contribution in [-0.4, -0.2) is 61.8 Å². The molecule has 122 valence electrons. The predicted molar refractivity (Wildman–Crippen MR) is 74.7 cm³/mol. The van der Waals surface area contributed by atoms with Gasteiger partial charge in [-0.05, 0) is 27.7 Å². The van der Waals surface area contributed by atoms with Crippen LogP contribution in [0.4, 0.5) is 4.79 Å². The van der Waals surface area contributed by atoms with Crippen molar-refractivity contribution in [3.05, 3.63) is 0 Å². The lowest BCUT2D eigenvalue weighted by Gasteiger charge is -2.37. The van der Waals surface area contributed by atoms with Gasteiger partial charge in [-0.1, -0.05) is 0 Å². The number of hydrogen-bond donors (Lipinski definition) is 0. The molecule has 0 bridgehead atoms. The van der Waals surface area contributed by atoms with Crippen molar-refractivity contribution in [2.24, 2.45) is 0 Å². The van der Waals surface area contributed by atoms with Gasteiger partial charge < -0.3 is 18.9 Å². The zero-order chi connectivity index (χ0) is 16.1. The molecule has 1 heterocycles. The number of methoxy groups -OCH3 is 1. The van der Waals surface area contributed by atoms with Gasteiger partial charge >= 0.3 is 12.1 Å². The van der Waals surface area contributed by atoms with Crippen molar-refractivity contribution in [1.29, 1.82) is 0 Å². The third kappa shape index (κ3) is 4.31. The Morgan fingerprint density at radius 3 is 2.43 bits per heavy atom. The van der Waals surface area contributed by atoms with Gasteiger partial charge in [0.25, 0.3) is 0 Å². The Labute approximate surface area is 125 Å². The van der Waals surface area contributed by atoms with E-state index in [-0.39, 0.29) is 19.9 Å². The Balaban J connectivity index is 3.03. The summed E-state index contributed by atoms with van der Waals surface area (Å²) in [5.41, 5.74) is -1.85. The molecule has 0 aromatic rings. The molecule has 1 atom stereocenters. The van der Waals surface area contributed by atoms with E-state index in [9.17, 15) is 9.59 Å². The minimum absolute atomic E-state index is 0.0723. The molecule has 0 N–H and O–H groups in total. The van der Waals surface area contributed by atoms with Gasteiger partial charge in [-0.25, -0.2) is 9.59 Å². The van der Waals surface area contributed by atoms with Crippen molar-refractivity contribution < 1.29 is 28.5 Å². The van der Waals surface area contributed by atoms with E-state index in [1.54, 1.807) is 27.7 Å². The highest BCUT2D eigenvalue weighted by molar-refractivity contribution is 5.86. The number of amides is 1. The molecule has 0 radical (unpaired) electrons. The minimum atomic E-state index is -1.19. The number of hydrogen-bond acceptors (Lipinski definition) is 6. The Morgan fingerprint density at radius 2 is 2.00 bits per heavy atom. The molecule has 21 heavy (non-hydrogen) atoms. The average molecular weight is 303 g/mol. The van der Waals surface area contributed by atoms with Crippen molar-refractivity contribution in [2.45, 2.75) is 45.3 Å². The van der Waals surface area contributed by atoms with Crippen molar-refractivity contribution in [3.63, 3.8) is 0 Å². The molecule has 0 aromatic carbocycles. The first-order chi connectivity index (χ1) is 9.77. The third-order valence-corrected chi connectivity index (χ3v) is 3.04. The first-order valence-electron chi connectivity index (χ1n) is 7.01. The van der Waals surface area contributed by atoms with E-state index in [1.165, 1.54) is 12.0 Å². The highest BCUT2D eigenvalue weighted by atomic mass is 16.6. The van der Waals surface area contributed by atoms with Crippen molar-refractivity contribution in [1.82, 2.24) is 4.90 Å². The summed E-state index contributed by atoms with van der Waals surface area (Å²) in [5.74, 6) is -0.495. The maximum atomic E-state index is 12.4. The molecule has 0 unspecified atom stereocenters. The van der Waals surface area contributed by atoms with Crippen LogP contribution in [0.1, 0.15) is 34.1 Å². The minimum Gasteiger partial charge on any atom is -0.464 e. The predicted octanol–water partition coefficient (Wildman–Crippen LogP) is 1.55. The van der Waals surface area contributed by atoms with Crippen LogP contribution in [0.5, 0.6) is 0 Å². The monoisotopic (exact) mass is 303 g/mol. The SMILES string of the molecule is CCOC(=O)[C@@]1(N(COC)C(=O)OC(C)(C)C)CCOC1. The number of ether oxygens (including phenoxy) is 4. The lowest BCUT2D eigenvalue weighted by Crippen LogP contribution is -2.59. The van der Waals surface area contributed by atoms with Crippen molar-refractivity contribution in [3.8, 4) is 0 Å². The molecule has 0 saturated carbocycles. The third-order valence-electron chi connectivity index (χ3n) is 3.04. The molecule has 0 aromatic heterocycles. The summed E-state index contributed by atoms with van der Waals surface area (Å²) < 4.78 is 20.9. The van der Waals surface area contributed by atoms with Gasteiger partial charge in [0.15, 0.2) is 5.54 Å². The first kappa shape index (κ1) is 17.7. The summed E-state index contributed by atoms with van der Waals surface area (Å²) in [5, 5.41) is 0. The van der Waals surface area contributed by atoms with Crippen LogP contribution in [0.15, 0.2) is 0 Å². The van der Waals surface area contributed by atoms with Crippen LogP contribution in [-0.2, 0) is 23.7 Å². The Bertz CT molecular complexity index is 370. The van der Waals surface area contributed by atoms with Crippen molar-refractivity contribution >= 4 is 12.1 Å². The second-order valence-electron chi connectivity index (χ2n) is 5.88. The normalized spacial score (nSPS) is 22.0. The van der Waals surface area contributed by atoms with Gasteiger partial charge in [-0.2, -0.15) is 0 Å². The molecule has 0 aliphatic carbocycles. The average Bonchev–Trinajstić information content (AvgIpc) is 2.84. The largest absolute Gasteiger partial charge is 0.464 e. The van der Waals surface area contributed by atoms with Crippen LogP contribution in [0, 0.1) is 0 Å². The van der Waals surface area contributed by atoms with E-state index in [1.807, 2.05) is 0 Å².